The number of carbonyl (C=O) groups excluding carboxylic acids is 2. The van der Waals surface area contributed by atoms with Crippen molar-refractivity contribution in [3.8, 4) is 0 Å². The van der Waals surface area contributed by atoms with Crippen molar-refractivity contribution in [1.29, 1.82) is 0 Å². The van der Waals surface area contributed by atoms with E-state index in [0.29, 0.717) is 0 Å². The third kappa shape index (κ3) is 4.02. The molecule has 2 unspecified atom stereocenters. The van der Waals surface area contributed by atoms with E-state index in [2.05, 4.69) is 10.6 Å². The van der Waals surface area contributed by atoms with Gasteiger partial charge in [-0.1, -0.05) is 6.07 Å². The summed E-state index contributed by atoms with van der Waals surface area (Å²) < 4.78 is 0. The van der Waals surface area contributed by atoms with Crippen LogP contribution in [0, 0.1) is 0 Å². The van der Waals surface area contributed by atoms with Gasteiger partial charge in [-0.05, 0) is 18.4 Å². The van der Waals surface area contributed by atoms with E-state index in [1.165, 1.54) is 16.2 Å². The van der Waals surface area contributed by atoms with Gasteiger partial charge in [0.25, 0.3) is 0 Å². The Labute approximate surface area is 125 Å². The first-order valence-corrected chi connectivity index (χ1v) is 7.41. The average Bonchev–Trinajstić information content (AvgIpc) is 2.91. The van der Waals surface area contributed by atoms with Gasteiger partial charge in [0, 0.05) is 11.4 Å². The molecule has 2 heterocycles. The summed E-state index contributed by atoms with van der Waals surface area (Å²) in [5.74, 6) is -1.61. The number of hydrogen-bond donors (Lipinski definition) is 3. The number of piperazine rings is 1. The lowest BCUT2D eigenvalue weighted by atomic mass is 10.2. The molecule has 1 saturated heterocycles. The molecule has 3 N–H and O–H groups in total. The van der Waals surface area contributed by atoms with Gasteiger partial charge in [-0.25, -0.2) is 0 Å². The quantitative estimate of drug-likeness (QED) is 0.700. The van der Waals surface area contributed by atoms with Gasteiger partial charge < -0.3 is 15.7 Å². The first kappa shape index (κ1) is 15.5. The molecular formula is C13H17N3O4S. The topological polar surface area (TPSA) is 98.7 Å². The van der Waals surface area contributed by atoms with E-state index in [1.807, 2.05) is 24.4 Å². The van der Waals surface area contributed by atoms with E-state index >= 15 is 0 Å². The SMILES string of the molecule is CC(NC(=O)CN1CC(=O)NCC1C(=O)O)c1cccs1. The summed E-state index contributed by atoms with van der Waals surface area (Å²) in [6.07, 6.45) is 0. The van der Waals surface area contributed by atoms with E-state index in [1.54, 1.807) is 0 Å². The molecule has 0 radical (unpaired) electrons. The van der Waals surface area contributed by atoms with Crippen molar-refractivity contribution in [3.63, 3.8) is 0 Å². The summed E-state index contributed by atoms with van der Waals surface area (Å²) in [6, 6.07) is 2.81. The second-order valence-electron chi connectivity index (χ2n) is 4.87. The Balaban J connectivity index is 1.93. The number of nitrogens with zero attached hydrogens (tertiary/aromatic N) is 1. The minimum Gasteiger partial charge on any atom is -0.480 e. The molecule has 1 aliphatic rings. The number of thiophene rings is 1. The molecule has 1 aromatic rings. The van der Waals surface area contributed by atoms with Crippen LogP contribution in [0.4, 0.5) is 0 Å². The second kappa shape index (κ2) is 6.68. The molecule has 1 aliphatic heterocycles. The monoisotopic (exact) mass is 311 g/mol. The maximum atomic E-state index is 12.0. The van der Waals surface area contributed by atoms with Gasteiger partial charge in [0.05, 0.1) is 19.1 Å². The molecular weight excluding hydrogens is 294 g/mol. The maximum Gasteiger partial charge on any atom is 0.322 e. The standard InChI is InChI=1S/C13H17N3O4S/c1-8(10-3-2-4-21-10)15-12(18)7-16-6-11(17)14-5-9(16)13(19)20/h2-4,8-9H,5-7H2,1H3,(H,14,17)(H,15,18)(H,19,20). The van der Waals surface area contributed by atoms with Gasteiger partial charge >= 0.3 is 5.97 Å². The van der Waals surface area contributed by atoms with Gasteiger partial charge in [-0.2, -0.15) is 0 Å². The van der Waals surface area contributed by atoms with Crippen LogP contribution in [0.25, 0.3) is 0 Å². The van der Waals surface area contributed by atoms with Crippen molar-refractivity contribution >= 4 is 29.1 Å². The largest absolute Gasteiger partial charge is 0.480 e. The van der Waals surface area contributed by atoms with Gasteiger partial charge in [-0.3, -0.25) is 19.3 Å². The number of carbonyl (C=O) groups is 3. The molecule has 2 atom stereocenters. The molecule has 0 bridgehead atoms. The van der Waals surface area contributed by atoms with E-state index in [0.717, 1.165) is 4.88 Å². The van der Waals surface area contributed by atoms with Crippen LogP contribution < -0.4 is 10.6 Å². The fourth-order valence-electron chi connectivity index (χ4n) is 2.18. The molecule has 7 nitrogen and oxygen atoms in total. The van der Waals surface area contributed by atoms with Gasteiger partial charge in [-0.15, -0.1) is 11.3 Å². The number of amides is 2. The Kier molecular flexibility index (Phi) is 4.92. The first-order valence-electron chi connectivity index (χ1n) is 6.53. The molecule has 2 rings (SSSR count). The summed E-state index contributed by atoms with van der Waals surface area (Å²) in [4.78, 5) is 36.9. The molecule has 114 valence electrons. The zero-order chi connectivity index (χ0) is 15.4. The number of carboxylic acid groups (broad SMARTS) is 1. The predicted octanol–water partition coefficient (Wildman–Crippen LogP) is -0.190. The fraction of sp³-hybridized carbons (Fsp3) is 0.462. The second-order valence-corrected chi connectivity index (χ2v) is 5.85. The van der Waals surface area contributed by atoms with Crippen molar-refractivity contribution in [2.45, 2.75) is 19.0 Å². The molecule has 8 heteroatoms. The Hall–Kier alpha value is -1.93. The molecule has 0 aromatic carbocycles. The van der Waals surface area contributed by atoms with E-state index < -0.39 is 12.0 Å². The first-order chi connectivity index (χ1) is 9.97. The van der Waals surface area contributed by atoms with Crippen LogP contribution in [0.2, 0.25) is 0 Å². The minimum atomic E-state index is -1.05. The zero-order valence-electron chi connectivity index (χ0n) is 11.5. The summed E-state index contributed by atoms with van der Waals surface area (Å²) >= 11 is 1.54. The highest BCUT2D eigenvalue weighted by molar-refractivity contribution is 7.10. The molecule has 2 amide bonds. The van der Waals surface area contributed by atoms with E-state index in [-0.39, 0.29) is 37.5 Å². The van der Waals surface area contributed by atoms with Crippen molar-refractivity contribution in [2.24, 2.45) is 0 Å². The van der Waals surface area contributed by atoms with Gasteiger partial charge in [0.15, 0.2) is 0 Å². The number of carboxylic acids is 1. The smallest absolute Gasteiger partial charge is 0.322 e. The summed E-state index contributed by atoms with van der Waals surface area (Å²) in [5, 5.41) is 16.3. The zero-order valence-corrected chi connectivity index (χ0v) is 12.4. The number of nitrogens with one attached hydrogen (secondary N) is 2. The van der Waals surface area contributed by atoms with Crippen molar-refractivity contribution in [2.75, 3.05) is 19.6 Å². The maximum absolute atomic E-state index is 12.0. The van der Waals surface area contributed by atoms with Crippen LogP contribution >= 0.6 is 11.3 Å². The third-order valence-corrected chi connectivity index (χ3v) is 4.31. The minimum absolute atomic E-state index is 0.0158. The molecule has 0 aliphatic carbocycles. The normalized spacial score (nSPS) is 20.6. The lowest BCUT2D eigenvalue weighted by molar-refractivity contribution is -0.146. The Morgan fingerprint density at radius 2 is 2.38 bits per heavy atom. The van der Waals surface area contributed by atoms with Crippen molar-refractivity contribution in [3.05, 3.63) is 22.4 Å². The van der Waals surface area contributed by atoms with Gasteiger partial charge in [0.1, 0.15) is 6.04 Å². The van der Waals surface area contributed by atoms with Crippen LogP contribution in [0.15, 0.2) is 17.5 Å². The lowest BCUT2D eigenvalue weighted by Gasteiger charge is -2.32. The Bertz CT molecular complexity index is 532. The van der Waals surface area contributed by atoms with Crippen LogP contribution in [0.1, 0.15) is 17.8 Å². The van der Waals surface area contributed by atoms with Crippen molar-refractivity contribution < 1.29 is 19.5 Å². The molecule has 1 fully saturated rings. The predicted molar refractivity (Wildman–Crippen MR) is 76.9 cm³/mol. The molecule has 0 saturated carbocycles. The number of rotatable bonds is 5. The highest BCUT2D eigenvalue weighted by Gasteiger charge is 2.33. The Morgan fingerprint density at radius 1 is 1.62 bits per heavy atom. The average molecular weight is 311 g/mol. The van der Waals surface area contributed by atoms with Crippen LogP contribution in [-0.4, -0.2) is 53.5 Å². The Morgan fingerprint density at radius 3 is 3.00 bits per heavy atom. The number of hydrogen-bond acceptors (Lipinski definition) is 5. The highest BCUT2D eigenvalue weighted by atomic mass is 32.1. The highest BCUT2D eigenvalue weighted by Crippen LogP contribution is 2.18. The molecule has 1 aromatic heterocycles. The van der Waals surface area contributed by atoms with Crippen molar-refractivity contribution in [1.82, 2.24) is 15.5 Å². The van der Waals surface area contributed by atoms with Gasteiger partial charge in [0.2, 0.25) is 11.8 Å². The fourth-order valence-corrected chi connectivity index (χ4v) is 2.91. The summed E-state index contributed by atoms with van der Waals surface area (Å²) in [7, 11) is 0. The number of aliphatic carboxylic acids is 1. The summed E-state index contributed by atoms with van der Waals surface area (Å²) in [5.41, 5.74) is 0. The summed E-state index contributed by atoms with van der Waals surface area (Å²) in [6.45, 7) is 1.68. The molecule has 0 spiro atoms. The van der Waals surface area contributed by atoms with Crippen LogP contribution in [0.5, 0.6) is 0 Å². The van der Waals surface area contributed by atoms with Crippen LogP contribution in [0.3, 0.4) is 0 Å². The van der Waals surface area contributed by atoms with Crippen LogP contribution in [-0.2, 0) is 14.4 Å². The third-order valence-electron chi connectivity index (χ3n) is 3.26. The lowest BCUT2D eigenvalue weighted by Crippen LogP contribution is -2.59. The molecule has 21 heavy (non-hydrogen) atoms. The van der Waals surface area contributed by atoms with E-state index in [9.17, 15) is 14.4 Å². The van der Waals surface area contributed by atoms with E-state index in [4.69, 9.17) is 5.11 Å².